The highest BCUT2D eigenvalue weighted by Gasteiger charge is 2.59. The number of nitrogens with one attached hydrogen (secondary N) is 1. The molecule has 0 radical (unpaired) electrons. The summed E-state index contributed by atoms with van der Waals surface area (Å²) in [5.41, 5.74) is -0.846. The van der Waals surface area contributed by atoms with E-state index < -0.39 is 41.9 Å². The molecule has 3 rings (SSSR count). The maximum atomic E-state index is 15.5. The highest BCUT2D eigenvalue weighted by atomic mass is 35.5. The van der Waals surface area contributed by atoms with Crippen LogP contribution in [0.3, 0.4) is 0 Å². The molecule has 0 spiro atoms. The summed E-state index contributed by atoms with van der Waals surface area (Å²) in [4.78, 5) is 15.0. The second kappa shape index (κ2) is 11.4. The molecule has 9 heteroatoms. The average Bonchev–Trinajstić information content (AvgIpc) is 3.12. The molecule has 0 aliphatic carbocycles. The Balaban J connectivity index is 2.19. The van der Waals surface area contributed by atoms with Crippen molar-refractivity contribution in [3.8, 4) is 6.07 Å². The van der Waals surface area contributed by atoms with Gasteiger partial charge in [0.2, 0.25) is 0 Å². The Morgan fingerprint density at radius 1 is 1.28 bits per heavy atom. The monoisotopic (exact) mass is 535 g/mol. The van der Waals surface area contributed by atoms with E-state index >= 15 is 4.39 Å². The fourth-order valence-corrected chi connectivity index (χ4v) is 5.54. The van der Waals surface area contributed by atoms with Gasteiger partial charge in [0, 0.05) is 34.6 Å². The molecule has 4 unspecified atom stereocenters. The lowest BCUT2D eigenvalue weighted by molar-refractivity contribution is 0.0881. The number of amides is 2. The van der Waals surface area contributed by atoms with Gasteiger partial charge >= 0.3 is 6.03 Å². The van der Waals surface area contributed by atoms with E-state index in [9.17, 15) is 15.2 Å². The van der Waals surface area contributed by atoms with Gasteiger partial charge in [0.1, 0.15) is 11.2 Å². The number of likely N-dealkylation sites (tertiary alicyclic amines) is 1. The highest BCUT2D eigenvalue weighted by Crippen LogP contribution is 2.55. The zero-order valence-electron chi connectivity index (χ0n) is 20.6. The van der Waals surface area contributed by atoms with Crippen LogP contribution in [0, 0.1) is 28.5 Å². The summed E-state index contributed by atoms with van der Waals surface area (Å²) in [6, 6.07) is 12.4. The highest BCUT2D eigenvalue weighted by molar-refractivity contribution is 6.30. The average molecular weight is 536 g/mol. The van der Waals surface area contributed by atoms with Crippen molar-refractivity contribution in [2.45, 2.75) is 51.2 Å². The predicted octanol–water partition coefficient (Wildman–Crippen LogP) is 5.46. The zero-order chi connectivity index (χ0) is 26.7. The normalized spacial score (nSPS) is 22.8. The minimum absolute atomic E-state index is 0.123. The van der Waals surface area contributed by atoms with Crippen molar-refractivity contribution in [2.75, 3.05) is 19.7 Å². The number of urea groups is 1. The number of rotatable bonds is 7. The van der Waals surface area contributed by atoms with Gasteiger partial charge in [-0.25, -0.2) is 9.18 Å². The van der Waals surface area contributed by atoms with Crippen molar-refractivity contribution in [1.82, 2.24) is 10.2 Å². The van der Waals surface area contributed by atoms with Gasteiger partial charge in [-0.15, -0.1) is 0 Å². The van der Waals surface area contributed by atoms with Crippen molar-refractivity contribution >= 4 is 29.2 Å². The van der Waals surface area contributed by atoms with Crippen molar-refractivity contribution in [3.63, 3.8) is 0 Å². The summed E-state index contributed by atoms with van der Waals surface area (Å²) in [7, 11) is 0. The van der Waals surface area contributed by atoms with Crippen LogP contribution in [0.5, 0.6) is 0 Å². The van der Waals surface area contributed by atoms with Gasteiger partial charge in [-0.05, 0) is 48.1 Å². The van der Waals surface area contributed by atoms with Gasteiger partial charge in [-0.2, -0.15) is 5.26 Å². The Labute approximate surface area is 221 Å². The lowest BCUT2D eigenvalue weighted by Gasteiger charge is -2.38. The van der Waals surface area contributed by atoms with Crippen LogP contribution in [-0.4, -0.2) is 46.9 Å². The van der Waals surface area contributed by atoms with Crippen LogP contribution < -0.4 is 5.32 Å². The fourth-order valence-electron chi connectivity index (χ4n) is 5.18. The molecule has 1 fully saturated rings. The molecule has 2 amide bonds. The first-order chi connectivity index (χ1) is 16.9. The number of aliphatic hydroxyl groups is 2. The van der Waals surface area contributed by atoms with Crippen LogP contribution in [-0.2, 0) is 5.41 Å². The van der Waals surface area contributed by atoms with Gasteiger partial charge in [0.05, 0.1) is 24.8 Å². The molecule has 2 aromatic rings. The number of benzene rings is 2. The van der Waals surface area contributed by atoms with Crippen LogP contribution in [0.2, 0.25) is 10.0 Å². The first-order valence-electron chi connectivity index (χ1n) is 11.9. The van der Waals surface area contributed by atoms with Gasteiger partial charge in [0.15, 0.2) is 0 Å². The predicted molar refractivity (Wildman–Crippen MR) is 138 cm³/mol. The van der Waals surface area contributed by atoms with Crippen molar-refractivity contribution in [3.05, 3.63) is 69.5 Å². The molecule has 0 saturated carbocycles. The van der Waals surface area contributed by atoms with Crippen molar-refractivity contribution in [1.29, 1.82) is 5.26 Å². The summed E-state index contributed by atoms with van der Waals surface area (Å²) >= 11 is 12.4. The minimum atomic E-state index is -1.42. The number of halogens is 3. The molecule has 194 valence electrons. The summed E-state index contributed by atoms with van der Waals surface area (Å²) in [5, 5.41) is 33.0. The molecule has 1 aliphatic heterocycles. The van der Waals surface area contributed by atoms with Crippen molar-refractivity contribution < 1.29 is 19.4 Å². The molecule has 1 heterocycles. The summed E-state index contributed by atoms with van der Waals surface area (Å²) in [6.45, 7) is 6.05. The molecular formula is C27H32Cl2FN3O3. The third-order valence-corrected chi connectivity index (χ3v) is 7.08. The Hall–Kier alpha value is -2.37. The van der Waals surface area contributed by atoms with E-state index in [0.29, 0.717) is 17.0 Å². The lowest BCUT2D eigenvalue weighted by atomic mass is 9.63. The van der Waals surface area contributed by atoms with Crippen LogP contribution in [0.1, 0.15) is 50.8 Å². The number of nitriles is 1. The first-order valence-corrected chi connectivity index (χ1v) is 12.6. The van der Waals surface area contributed by atoms with Crippen LogP contribution in [0.15, 0.2) is 42.5 Å². The summed E-state index contributed by atoms with van der Waals surface area (Å²) in [6.07, 6.45) is -0.242. The molecule has 1 saturated heterocycles. The SMILES string of the molecule is CC(C)(C)CC1CN(C(=O)NCCC(O)CO)C(c2cccc(Cl)c2)C1(C#N)c1ccc(Cl)cc1F. The smallest absolute Gasteiger partial charge is 0.317 e. The number of hydrogen-bond donors (Lipinski definition) is 3. The number of carbonyl (C=O) groups is 1. The standard InChI is InChI=1S/C27H32Cl2FN3O3/c1-26(2,3)13-18-14-33(25(36)32-10-9-21(35)15-34)24(17-5-4-6-19(28)11-17)27(18,16-31)22-8-7-20(29)12-23(22)30/h4-8,11-12,18,21,24,34-35H,9-10,13-15H2,1-3H3,(H,32,36). The lowest BCUT2D eigenvalue weighted by Crippen LogP contribution is -2.44. The van der Waals surface area contributed by atoms with Crippen LogP contribution in [0.4, 0.5) is 9.18 Å². The van der Waals surface area contributed by atoms with Crippen LogP contribution >= 0.6 is 23.2 Å². The Kier molecular flexibility index (Phi) is 8.89. The number of carbonyl (C=O) groups excluding carboxylic acids is 1. The molecule has 0 bridgehead atoms. The number of nitrogens with zero attached hydrogens (tertiary/aromatic N) is 2. The first kappa shape index (κ1) is 28.2. The number of aliphatic hydroxyl groups excluding tert-OH is 2. The quantitative estimate of drug-likeness (QED) is 0.438. The summed E-state index contributed by atoms with van der Waals surface area (Å²) in [5.74, 6) is -1.01. The largest absolute Gasteiger partial charge is 0.394 e. The molecule has 0 aromatic heterocycles. The Bertz CT molecular complexity index is 1130. The third kappa shape index (κ3) is 5.95. The second-order valence-electron chi connectivity index (χ2n) is 10.5. The van der Waals surface area contributed by atoms with E-state index in [1.165, 1.54) is 12.1 Å². The van der Waals surface area contributed by atoms with Crippen molar-refractivity contribution in [2.24, 2.45) is 11.3 Å². The maximum Gasteiger partial charge on any atom is 0.317 e. The Morgan fingerprint density at radius 2 is 1.97 bits per heavy atom. The van der Waals surface area contributed by atoms with E-state index in [4.69, 9.17) is 28.3 Å². The van der Waals surface area contributed by atoms with Gasteiger partial charge in [-0.3, -0.25) is 0 Å². The molecule has 36 heavy (non-hydrogen) atoms. The molecule has 2 aromatic carbocycles. The summed E-state index contributed by atoms with van der Waals surface area (Å²) < 4.78 is 15.5. The molecular weight excluding hydrogens is 504 g/mol. The van der Waals surface area contributed by atoms with E-state index in [0.717, 1.165) is 0 Å². The Morgan fingerprint density at radius 3 is 2.56 bits per heavy atom. The molecule has 4 atom stereocenters. The maximum absolute atomic E-state index is 15.5. The van der Waals surface area contributed by atoms with E-state index in [1.54, 1.807) is 35.2 Å². The fraction of sp³-hybridized carbons (Fsp3) is 0.481. The van der Waals surface area contributed by atoms with Gasteiger partial charge in [0.25, 0.3) is 0 Å². The molecule has 3 N–H and O–H groups in total. The van der Waals surface area contributed by atoms with Crippen LogP contribution in [0.25, 0.3) is 0 Å². The van der Waals surface area contributed by atoms with E-state index in [-0.39, 0.29) is 35.5 Å². The molecule has 1 aliphatic rings. The van der Waals surface area contributed by atoms with E-state index in [1.807, 2.05) is 20.8 Å². The second-order valence-corrected chi connectivity index (χ2v) is 11.4. The van der Waals surface area contributed by atoms with Gasteiger partial charge in [-0.1, -0.05) is 62.2 Å². The minimum Gasteiger partial charge on any atom is -0.394 e. The van der Waals surface area contributed by atoms with Gasteiger partial charge < -0.3 is 20.4 Å². The topological polar surface area (TPSA) is 96.6 Å². The molecule has 6 nitrogen and oxygen atoms in total. The van der Waals surface area contributed by atoms with E-state index in [2.05, 4.69) is 11.4 Å². The zero-order valence-corrected chi connectivity index (χ0v) is 22.2. The third-order valence-electron chi connectivity index (χ3n) is 6.61. The number of hydrogen-bond acceptors (Lipinski definition) is 4.